The zero-order chi connectivity index (χ0) is 13.1. The van der Waals surface area contributed by atoms with Crippen molar-refractivity contribution in [3.8, 4) is 0 Å². The highest BCUT2D eigenvalue weighted by molar-refractivity contribution is 4.76. The first-order valence-electron chi connectivity index (χ1n) is 8.20. The molecule has 1 aliphatic rings. The number of nitrogens with one attached hydrogen (secondary N) is 1. The van der Waals surface area contributed by atoms with Gasteiger partial charge in [0.2, 0.25) is 0 Å². The second-order valence-electron chi connectivity index (χ2n) is 5.89. The lowest BCUT2D eigenvalue weighted by Crippen LogP contribution is -2.27. The van der Waals surface area contributed by atoms with Gasteiger partial charge in [-0.3, -0.25) is 0 Å². The van der Waals surface area contributed by atoms with Crippen molar-refractivity contribution < 1.29 is 0 Å². The molecule has 18 heavy (non-hydrogen) atoms. The lowest BCUT2D eigenvalue weighted by Gasteiger charge is -2.25. The van der Waals surface area contributed by atoms with Gasteiger partial charge in [0.05, 0.1) is 0 Å². The molecule has 1 N–H and O–H groups in total. The molecule has 0 heterocycles. The first-order chi connectivity index (χ1) is 8.88. The first-order valence-corrected chi connectivity index (χ1v) is 8.20. The highest BCUT2D eigenvalue weighted by Crippen LogP contribution is 2.32. The van der Waals surface area contributed by atoms with Crippen LogP contribution in [0.2, 0.25) is 0 Å². The molecule has 1 saturated carbocycles. The van der Waals surface area contributed by atoms with E-state index in [4.69, 9.17) is 0 Å². The summed E-state index contributed by atoms with van der Waals surface area (Å²) < 4.78 is 0. The standard InChI is InChI=1S/C17H33N/c1-3-5-6-7-9-12-16-13-10-8-11-14-17(16)15-18-4-2/h3,16-18H,1,4-15H2,2H3. The summed E-state index contributed by atoms with van der Waals surface area (Å²) in [6.45, 7) is 8.41. The Morgan fingerprint density at radius 3 is 2.56 bits per heavy atom. The van der Waals surface area contributed by atoms with Crippen LogP contribution in [0.5, 0.6) is 0 Å². The van der Waals surface area contributed by atoms with Crippen molar-refractivity contribution in [2.45, 2.75) is 71.1 Å². The fourth-order valence-corrected chi connectivity index (χ4v) is 3.31. The maximum atomic E-state index is 3.80. The van der Waals surface area contributed by atoms with Crippen LogP contribution >= 0.6 is 0 Å². The Morgan fingerprint density at radius 2 is 1.83 bits per heavy atom. The zero-order valence-electron chi connectivity index (χ0n) is 12.4. The second-order valence-corrected chi connectivity index (χ2v) is 5.89. The number of hydrogen-bond acceptors (Lipinski definition) is 1. The summed E-state index contributed by atoms with van der Waals surface area (Å²) in [5.41, 5.74) is 0. The van der Waals surface area contributed by atoms with E-state index in [2.05, 4.69) is 24.9 Å². The van der Waals surface area contributed by atoms with Gasteiger partial charge in [-0.05, 0) is 44.2 Å². The molecule has 0 amide bonds. The first kappa shape index (κ1) is 15.8. The van der Waals surface area contributed by atoms with Gasteiger partial charge in [0.1, 0.15) is 0 Å². The van der Waals surface area contributed by atoms with Crippen molar-refractivity contribution in [1.82, 2.24) is 5.32 Å². The van der Waals surface area contributed by atoms with Gasteiger partial charge in [-0.15, -0.1) is 6.58 Å². The fraction of sp³-hybridized carbons (Fsp3) is 0.882. The van der Waals surface area contributed by atoms with E-state index >= 15 is 0 Å². The second kappa shape index (κ2) is 10.6. The van der Waals surface area contributed by atoms with Crippen molar-refractivity contribution in [3.05, 3.63) is 12.7 Å². The molecule has 0 aromatic carbocycles. The summed E-state index contributed by atoms with van der Waals surface area (Å²) in [4.78, 5) is 0. The van der Waals surface area contributed by atoms with E-state index in [1.54, 1.807) is 0 Å². The van der Waals surface area contributed by atoms with Crippen molar-refractivity contribution >= 4 is 0 Å². The quantitative estimate of drug-likeness (QED) is 0.348. The van der Waals surface area contributed by atoms with Crippen LogP contribution in [0.4, 0.5) is 0 Å². The molecule has 1 fully saturated rings. The summed E-state index contributed by atoms with van der Waals surface area (Å²) in [5, 5.41) is 3.57. The van der Waals surface area contributed by atoms with E-state index in [9.17, 15) is 0 Å². The molecular weight excluding hydrogens is 218 g/mol. The molecule has 0 aliphatic heterocycles. The van der Waals surface area contributed by atoms with Crippen molar-refractivity contribution in [3.63, 3.8) is 0 Å². The molecular formula is C17H33N. The number of hydrogen-bond donors (Lipinski definition) is 1. The highest BCUT2D eigenvalue weighted by atomic mass is 14.8. The van der Waals surface area contributed by atoms with E-state index in [1.807, 2.05) is 0 Å². The Bertz CT molecular complexity index is 200. The molecule has 1 heteroatoms. The van der Waals surface area contributed by atoms with Crippen molar-refractivity contribution in [2.75, 3.05) is 13.1 Å². The summed E-state index contributed by atoms with van der Waals surface area (Å²) >= 11 is 0. The van der Waals surface area contributed by atoms with Crippen LogP contribution in [0.1, 0.15) is 71.1 Å². The van der Waals surface area contributed by atoms with E-state index in [-0.39, 0.29) is 0 Å². The van der Waals surface area contributed by atoms with Crippen LogP contribution in [0.15, 0.2) is 12.7 Å². The smallest absolute Gasteiger partial charge is 0.00180 e. The summed E-state index contributed by atoms with van der Waals surface area (Å²) in [6.07, 6.45) is 16.2. The molecule has 1 aliphatic carbocycles. The molecule has 2 unspecified atom stereocenters. The Labute approximate surface area is 114 Å². The van der Waals surface area contributed by atoms with Crippen molar-refractivity contribution in [1.29, 1.82) is 0 Å². The minimum atomic E-state index is 0.951. The summed E-state index contributed by atoms with van der Waals surface area (Å²) in [5.74, 6) is 1.95. The molecule has 1 nitrogen and oxygen atoms in total. The third kappa shape index (κ3) is 6.58. The monoisotopic (exact) mass is 251 g/mol. The molecule has 0 aromatic rings. The van der Waals surface area contributed by atoms with Gasteiger partial charge in [0.15, 0.2) is 0 Å². The summed E-state index contributed by atoms with van der Waals surface area (Å²) in [7, 11) is 0. The van der Waals surface area contributed by atoms with Crippen LogP contribution in [-0.4, -0.2) is 13.1 Å². The van der Waals surface area contributed by atoms with E-state index in [0.717, 1.165) is 18.4 Å². The Kier molecular flexibility index (Phi) is 9.28. The van der Waals surface area contributed by atoms with Crippen LogP contribution in [0.25, 0.3) is 0 Å². The lowest BCUT2D eigenvalue weighted by atomic mass is 9.84. The largest absolute Gasteiger partial charge is 0.317 e. The summed E-state index contributed by atoms with van der Waals surface area (Å²) in [6, 6.07) is 0. The molecule has 0 spiro atoms. The SMILES string of the molecule is C=CCCCCCC1CCCCCC1CNCC. The number of unbranched alkanes of at least 4 members (excludes halogenated alkanes) is 3. The van der Waals surface area contributed by atoms with Crippen molar-refractivity contribution in [2.24, 2.45) is 11.8 Å². The molecule has 0 bridgehead atoms. The molecule has 1 rings (SSSR count). The predicted molar refractivity (Wildman–Crippen MR) is 81.9 cm³/mol. The van der Waals surface area contributed by atoms with E-state index in [1.165, 1.54) is 70.8 Å². The maximum Gasteiger partial charge on any atom is -0.00180 e. The number of allylic oxidation sites excluding steroid dienone is 1. The van der Waals surface area contributed by atoms with Gasteiger partial charge < -0.3 is 5.32 Å². The van der Waals surface area contributed by atoms with Gasteiger partial charge in [-0.25, -0.2) is 0 Å². The Balaban J connectivity index is 2.24. The molecule has 106 valence electrons. The Hall–Kier alpha value is -0.300. The van der Waals surface area contributed by atoms with E-state index < -0.39 is 0 Å². The van der Waals surface area contributed by atoms with Gasteiger partial charge in [-0.1, -0.05) is 57.9 Å². The Morgan fingerprint density at radius 1 is 1.06 bits per heavy atom. The van der Waals surface area contributed by atoms with Crippen LogP contribution in [-0.2, 0) is 0 Å². The molecule has 0 saturated heterocycles. The minimum Gasteiger partial charge on any atom is -0.317 e. The molecule has 0 aromatic heterocycles. The minimum absolute atomic E-state index is 0.951. The van der Waals surface area contributed by atoms with Crippen LogP contribution in [0.3, 0.4) is 0 Å². The topological polar surface area (TPSA) is 12.0 Å². The van der Waals surface area contributed by atoms with Gasteiger partial charge in [0.25, 0.3) is 0 Å². The van der Waals surface area contributed by atoms with E-state index in [0.29, 0.717) is 0 Å². The zero-order valence-corrected chi connectivity index (χ0v) is 12.4. The molecule has 0 radical (unpaired) electrons. The average molecular weight is 251 g/mol. The van der Waals surface area contributed by atoms with Gasteiger partial charge in [0, 0.05) is 0 Å². The fourth-order valence-electron chi connectivity index (χ4n) is 3.31. The third-order valence-electron chi connectivity index (χ3n) is 4.46. The van der Waals surface area contributed by atoms with Gasteiger partial charge in [-0.2, -0.15) is 0 Å². The average Bonchev–Trinajstić information content (AvgIpc) is 2.61. The third-order valence-corrected chi connectivity index (χ3v) is 4.46. The highest BCUT2D eigenvalue weighted by Gasteiger charge is 2.22. The van der Waals surface area contributed by atoms with Crippen LogP contribution in [0, 0.1) is 11.8 Å². The number of rotatable bonds is 9. The molecule has 2 atom stereocenters. The van der Waals surface area contributed by atoms with Crippen LogP contribution < -0.4 is 5.32 Å². The lowest BCUT2D eigenvalue weighted by molar-refractivity contribution is 0.277. The predicted octanol–water partition coefficient (Wildman–Crippen LogP) is 4.93. The van der Waals surface area contributed by atoms with Gasteiger partial charge >= 0.3 is 0 Å². The maximum absolute atomic E-state index is 3.80. The normalized spacial score (nSPS) is 24.7.